The van der Waals surface area contributed by atoms with Gasteiger partial charge in [-0.05, 0) is 42.4 Å². The summed E-state index contributed by atoms with van der Waals surface area (Å²) in [6.45, 7) is 2.19. The minimum absolute atomic E-state index is 0.176. The number of carbonyl (C=O) groups is 2. The second kappa shape index (κ2) is 12.1. The van der Waals surface area contributed by atoms with Crippen molar-refractivity contribution >= 4 is 11.9 Å². The molecule has 1 saturated carbocycles. The van der Waals surface area contributed by atoms with Crippen LogP contribution in [0.5, 0.6) is 0 Å². The van der Waals surface area contributed by atoms with Crippen molar-refractivity contribution in [2.24, 2.45) is 5.41 Å². The van der Waals surface area contributed by atoms with E-state index in [1.165, 1.54) is 12.6 Å². The van der Waals surface area contributed by atoms with E-state index in [0.717, 1.165) is 42.4 Å². The zero-order valence-electron chi connectivity index (χ0n) is 21.4. The molecule has 2 aromatic carbocycles. The first-order valence-corrected chi connectivity index (χ1v) is 13.1. The Morgan fingerprint density at radius 3 is 2.35 bits per heavy atom. The average Bonchev–Trinajstić information content (AvgIpc) is 3.45. The van der Waals surface area contributed by atoms with Gasteiger partial charge in [0.15, 0.2) is 5.69 Å². The van der Waals surface area contributed by atoms with E-state index in [-0.39, 0.29) is 31.0 Å². The van der Waals surface area contributed by atoms with Crippen LogP contribution in [0.1, 0.15) is 67.9 Å². The summed E-state index contributed by atoms with van der Waals surface area (Å²) in [7, 11) is 0. The van der Waals surface area contributed by atoms with Crippen molar-refractivity contribution in [3.63, 3.8) is 0 Å². The number of nitrogens with one attached hydrogen (secondary N) is 2. The molecule has 1 amide bonds. The summed E-state index contributed by atoms with van der Waals surface area (Å²) in [5.74, 6) is -0.762. The van der Waals surface area contributed by atoms with Crippen LogP contribution in [-0.4, -0.2) is 51.1 Å². The van der Waals surface area contributed by atoms with Gasteiger partial charge in [0, 0.05) is 5.54 Å². The molecule has 37 heavy (non-hydrogen) atoms. The SMILES string of the molecule is CCCCCCCOC(=O)[C@]1(CO)C[C@@](Cc2ccc(-c3ccccc3)cc2)(NC(=O)c2c[nH]nn2)C1. The van der Waals surface area contributed by atoms with E-state index in [2.05, 4.69) is 51.9 Å². The summed E-state index contributed by atoms with van der Waals surface area (Å²) in [6, 6.07) is 18.3. The molecule has 1 heterocycles. The highest BCUT2D eigenvalue weighted by atomic mass is 16.5. The van der Waals surface area contributed by atoms with Gasteiger partial charge in [0.25, 0.3) is 5.91 Å². The predicted octanol–water partition coefficient (Wildman–Crippen LogP) is 4.47. The summed E-state index contributed by atoms with van der Waals surface area (Å²) in [5, 5.41) is 23.3. The number of hydrogen-bond donors (Lipinski definition) is 3. The lowest BCUT2D eigenvalue weighted by molar-refractivity contribution is -0.173. The molecule has 0 bridgehead atoms. The van der Waals surface area contributed by atoms with E-state index >= 15 is 0 Å². The van der Waals surface area contributed by atoms with E-state index < -0.39 is 16.9 Å². The van der Waals surface area contributed by atoms with E-state index in [1.807, 2.05) is 30.3 Å². The van der Waals surface area contributed by atoms with Gasteiger partial charge in [-0.3, -0.25) is 14.7 Å². The molecule has 1 fully saturated rings. The maximum absolute atomic E-state index is 13.0. The summed E-state index contributed by atoms with van der Waals surface area (Å²) in [6.07, 6.45) is 7.81. The maximum atomic E-state index is 13.0. The predicted molar refractivity (Wildman–Crippen MR) is 141 cm³/mol. The third-order valence-corrected chi connectivity index (χ3v) is 7.20. The van der Waals surface area contributed by atoms with Crippen molar-refractivity contribution in [1.82, 2.24) is 20.7 Å². The van der Waals surface area contributed by atoms with Crippen LogP contribution in [-0.2, 0) is 16.0 Å². The van der Waals surface area contributed by atoms with Gasteiger partial charge in [0.05, 0.1) is 24.8 Å². The highest BCUT2D eigenvalue weighted by Crippen LogP contribution is 2.51. The molecular formula is C29H36N4O4. The zero-order valence-corrected chi connectivity index (χ0v) is 21.4. The Morgan fingerprint density at radius 2 is 1.70 bits per heavy atom. The van der Waals surface area contributed by atoms with Crippen LogP contribution in [0.4, 0.5) is 0 Å². The van der Waals surface area contributed by atoms with Crippen molar-refractivity contribution in [1.29, 1.82) is 0 Å². The second-order valence-electron chi connectivity index (χ2n) is 10.2. The van der Waals surface area contributed by atoms with E-state index in [1.54, 1.807) is 0 Å². The van der Waals surface area contributed by atoms with Gasteiger partial charge in [0.1, 0.15) is 0 Å². The van der Waals surface area contributed by atoms with Gasteiger partial charge < -0.3 is 15.2 Å². The Bertz CT molecular complexity index is 1140. The summed E-state index contributed by atoms with van der Waals surface area (Å²) >= 11 is 0. The molecule has 8 nitrogen and oxygen atoms in total. The van der Waals surface area contributed by atoms with E-state index in [0.29, 0.717) is 13.0 Å². The number of amides is 1. The van der Waals surface area contributed by atoms with Gasteiger partial charge in [-0.1, -0.05) is 92.4 Å². The topological polar surface area (TPSA) is 117 Å². The highest BCUT2D eigenvalue weighted by Gasteiger charge is 2.60. The smallest absolute Gasteiger partial charge is 0.314 e. The fourth-order valence-electron chi connectivity index (χ4n) is 5.30. The first-order valence-electron chi connectivity index (χ1n) is 13.1. The fourth-order valence-corrected chi connectivity index (χ4v) is 5.30. The maximum Gasteiger partial charge on any atom is 0.314 e. The largest absolute Gasteiger partial charge is 0.465 e. The van der Waals surface area contributed by atoms with Gasteiger partial charge in [0.2, 0.25) is 0 Å². The normalized spacial score (nSPS) is 20.7. The third-order valence-electron chi connectivity index (χ3n) is 7.20. The van der Waals surface area contributed by atoms with Gasteiger partial charge >= 0.3 is 5.97 Å². The van der Waals surface area contributed by atoms with Crippen LogP contribution in [0.15, 0.2) is 60.8 Å². The molecule has 0 unspecified atom stereocenters. The molecule has 0 spiro atoms. The molecule has 3 aromatic rings. The standard InChI is InChI=1S/C29H36N4O4/c1-2-3-4-5-9-16-37-27(36)28(21-34)19-29(20-28,31-26(35)25-18-30-33-32-25)17-22-12-14-24(15-13-22)23-10-7-6-8-11-23/h6-8,10-15,18,34H,2-5,9,16-17,19-21H2,1H3,(H,31,35)(H,30,32,33)/t28-,29-. The number of benzene rings is 2. The first kappa shape index (κ1) is 26.5. The number of H-pyrrole nitrogens is 1. The summed E-state index contributed by atoms with van der Waals surface area (Å²) in [4.78, 5) is 25.9. The summed E-state index contributed by atoms with van der Waals surface area (Å²) in [5.41, 5.74) is 1.69. The Kier molecular flexibility index (Phi) is 8.71. The van der Waals surface area contributed by atoms with Crippen molar-refractivity contribution in [3.8, 4) is 11.1 Å². The zero-order chi connectivity index (χ0) is 26.1. The van der Waals surface area contributed by atoms with E-state index in [9.17, 15) is 14.7 Å². The minimum atomic E-state index is -1.02. The lowest BCUT2D eigenvalue weighted by atomic mass is 9.55. The molecule has 0 atom stereocenters. The van der Waals surface area contributed by atoms with Crippen molar-refractivity contribution in [3.05, 3.63) is 72.1 Å². The molecule has 196 valence electrons. The molecule has 0 aliphatic heterocycles. The number of aromatic nitrogens is 3. The van der Waals surface area contributed by atoms with Crippen LogP contribution < -0.4 is 5.32 Å². The molecule has 1 aromatic heterocycles. The molecule has 0 saturated heterocycles. The Balaban J connectivity index is 1.45. The number of unbranched alkanes of at least 4 members (excludes halogenated alkanes) is 4. The number of hydrogen-bond acceptors (Lipinski definition) is 6. The number of rotatable bonds is 13. The monoisotopic (exact) mass is 504 g/mol. The van der Waals surface area contributed by atoms with Crippen LogP contribution in [0.3, 0.4) is 0 Å². The fraction of sp³-hybridized carbons (Fsp3) is 0.448. The number of nitrogens with zero attached hydrogens (tertiary/aromatic N) is 2. The Hall–Kier alpha value is -3.52. The van der Waals surface area contributed by atoms with Crippen LogP contribution in [0.2, 0.25) is 0 Å². The van der Waals surface area contributed by atoms with Gasteiger partial charge in [-0.25, -0.2) is 0 Å². The number of aromatic amines is 1. The number of carbonyl (C=O) groups excluding carboxylic acids is 2. The molecular weight excluding hydrogens is 468 g/mol. The Morgan fingerprint density at radius 1 is 1.00 bits per heavy atom. The molecule has 0 radical (unpaired) electrons. The third kappa shape index (κ3) is 6.43. The van der Waals surface area contributed by atoms with Gasteiger partial charge in [-0.15, -0.1) is 5.10 Å². The molecule has 1 aliphatic carbocycles. The quantitative estimate of drug-likeness (QED) is 0.234. The van der Waals surface area contributed by atoms with Crippen LogP contribution in [0.25, 0.3) is 11.1 Å². The van der Waals surface area contributed by atoms with Crippen molar-refractivity contribution in [2.75, 3.05) is 13.2 Å². The number of esters is 1. The first-order chi connectivity index (χ1) is 18.0. The lowest BCUT2D eigenvalue weighted by Gasteiger charge is -2.54. The van der Waals surface area contributed by atoms with Crippen molar-refractivity contribution in [2.45, 2.75) is 63.8 Å². The number of aliphatic hydroxyl groups is 1. The molecule has 3 N–H and O–H groups in total. The average molecular weight is 505 g/mol. The Labute approximate surface area is 217 Å². The van der Waals surface area contributed by atoms with E-state index in [4.69, 9.17) is 4.74 Å². The van der Waals surface area contributed by atoms with Crippen molar-refractivity contribution < 1.29 is 19.4 Å². The number of aliphatic hydroxyl groups excluding tert-OH is 1. The summed E-state index contributed by atoms with van der Waals surface area (Å²) < 4.78 is 5.57. The molecule has 4 rings (SSSR count). The molecule has 8 heteroatoms. The molecule has 1 aliphatic rings. The minimum Gasteiger partial charge on any atom is -0.465 e. The highest BCUT2D eigenvalue weighted by molar-refractivity contribution is 5.93. The second-order valence-corrected chi connectivity index (χ2v) is 10.2. The van der Waals surface area contributed by atoms with Crippen LogP contribution >= 0.6 is 0 Å². The number of ether oxygens (including phenoxy) is 1. The lowest BCUT2D eigenvalue weighted by Crippen LogP contribution is -2.67. The van der Waals surface area contributed by atoms with Crippen LogP contribution in [0, 0.1) is 5.41 Å². The van der Waals surface area contributed by atoms with Gasteiger partial charge in [-0.2, -0.15) is 0 Å².